The molecular formula is C8H17F3N2. The lowest BCUT2D eigenvalue weighted by atomic mass is 10.2. The molecule has 1 atom stereocenters. The van der Waals surface area contributed by atoms with Crippen LogP contribution >= 0.6 is 0 Å². The SMILES string of the molecule is CC(N)CCNCCCC(F)(F)F. The minimum atomic E-state index is -4.02. The number of nitrogens with two attached hydrogens (primary N) is 1. The van der Waals surface area contributed by atoms with E-state index in [9.17, 15) is 13.2 Å². The van der Waals surface area contributed by atoms with Crippen LogP contribution in [0.15, 0.2) is 0 Å². The quantitative estimate of drug-likeness (QED) is 0.637. The van der Waals surface area contributed by atoms with Crippen LogP contribution in [0.1, 0.15) is 26.2 Å². The number of rotatable bonds is 6. The fraction of sp³-hybridized carbons (Fsp3) is 1.00. The van der Waals surface area contributed by atoms with Gasteiger partial charge in [0, 0.05) is 12.5 Å². The second-order valence-corrected chi connectivity index (χ2v) is 3.23. The van der Waals surface area contributed by atoms with Crippen molar-refractivity contribution in [2.24, 2.45) is 5.73 Å². The third kappa shape index (κ3) is 11.7. The van der Waals surface area contributed by atoms with Crippen LogP contribution < -0.4 is 11.1 Å². The zero-order valence-electron chi connectivity index (χ0n) is 7.82. The first-order chi connectivity index (χ1) is 5.92. The molecule has 2 nitrogen and oxygen atoms in total. The molecule has 3 N–H and O–H groups in total. The van der Waals surface area contributed by atoms with Crippen LogP contribution in [-0.4, -0.2) is 25.3 Å². The van der Waals surface area contributed by atoms with Gasteiger partial charge in [-0.1, -0.05) is 0 Å². The molecule has 13 heavy (non-hydrogen) atoms. The summed E-state index contributed by atoms with van der Waals surface area (Å²) in [4.78, 5) is 0. The van der Waals surface area contributed by atoms with Crippen LogP contribution in [0.4, 0.5) is 13.2 Å². The Morgan fingerprint density at radius 3 is 2.38 bits per heavy atom. The lowest BCUT2D eigenvalue weighted by molar-refractivity contribution is -0.135. The molecule has 0 bridgehead atoms. The number of alkyl halides is 3. The Balaban J connectivity index is 3.09. The Kier molecular flexibility index (Phi) is 6.07. The molecule has 0 rings (SSSR count). The van der Waals surface area contributed by atoms with E-state index in [-0.39, 0.29) is 12.5 Å². The van der Waals surface area contributed by atoms with Crippen LogP contribution in [0, 0.1) is 0 Å². The molecule has 0 saturated carbocycles. The molecule has 0 aromatic heterocycles. The van der Waals surface area contributed by atoms with Gasteiger partial charge in [-0.15, -0.1) is 0 Å². The molecule has 0 spiro atoms. The summed E-state index contributed by atoms with van der Waals surface area (Å²) in [6.45, 7) is 2.97. The van der Waals surface area contributed by atoms with Crippen molar-refractivity contribution < 1.29 is 13.2 Å². The summed E-state index contributed by atoms with van der Waals surface area (Å²) in [7, 11) is 0. The normalized spacial score (nSPS) is 14.5. The zero-order valence-corrected chi connectivity index (χ0v) is 7.82. The van der Waals surface area contributed by atoms with Gasteiger partial charge in [0.1, 0.15) is 0 Å². The summed E-state index contributed by atoms with van der Waals surface area (Å²) in [5.74, 6) is 0. The molecule has 0 radical (unpaired) electrons. The predicted octanol–water partition coefficient (Wildman–Crippen LogP) is 1.66. The molecular weight excluding hydrogens is 181 g/mol. The van der Waals surface area contributed by atoms with E-state index in [4.69, 9.17) is 5.73 Å². The highest BCUT2D eigenvalue weighted by Gasteiger charge is 2.25. The smallest absolute Gasteiger partial charge is 0.328 e. The van der Waals surface area contributed by atoms with E-state index in [1.165, 1.54) is 0 Å². The van der Waals surface area contributed by atoms with E-state index < -0.39 is 12.6 Å². The maximum atomic E-state index is 11.6. The second kappa shape index (κ2) is 6.21. The van der Waals surface area contributed by atoms with E-state index in [2.05, 4.69) is 5.32 Å². The van der Waals surface area contributed by atoms with Gasteiger partial charge in [0.15, 0.2) is 0 Å². The minimum absolute atomic E-state index is 0.107. The summed E-state index contributed by atoms with van der Waals surface area (Å²) >= 11 is 0. The van der Waals surface area contributed by atoms with Gasteiger partial charge < -0.3 is 11.1 Å². The van der Waals surface area contributed by atoms with Crippen molar-refractivity contribution in [1.82, 2.24) is 5.32 Å². The first-order valence-corrected chi connectivity index (χ1v) is 4.45. The molecule has 0 fully saturated rings. The molecule has 0 amide bonds. The van der Waals surface area contributed by atoms with E-state index >= 15 is 0 Å². The van der Waals surface area contributed by atoms with Gasteiger partial charge in [0.05, 0.1) is 0 Å². The first-order valence-electron chi connectivity index (χ1n) is 4.45. The van der Waals surface area contributed by atoms with Crippen molar-refractivity contribution in [3.8, 4) is 0 Å². The van der Waals surface area contributed by atoms with Gasteiger partial charge in [-0.05, 0) is 32.9 Å². The number of halogens is 3. The predicted molar refractivity (Wildman–Crippen MR) is 46.4 cm³/mol. The average molecular weight is 198 g/mol. The van der Waals surface area contributed by atoms with Crippen LogP contribution in [0.25, 0.3) is 0 Å². The highest BCUT2D eigenvalue weighted by atomic mass is 19.4. The van der Waals surface area contributed by atoms with Gasteiger partial charge in [-0.25, -0.2) is 0 Å². The van der Waals surface area contributed by atoms with Crippen molar-refractivity contribution in [3.63, 3.8) is 0 Å². The van der Waals surface area contributed by atoms with Crippen molar-refractivity contribution >= 4 is 0 Å². The highest BCUT2D eigenvalue weighted by Crippen LogP contribution is 2.20. The third-order valence-corrected chi connectivity index (χ3v) is 1.59. The summed E-state index contributed by atoms with van der Waals surface area (Å²) in [5.41, 5.74) is 5.46. The molecule has 1 unspecified atom stereocenters. The molecule has 0 aliphatic heterocycles. The first kappa shape index (κ1) is 12.7. The standard InChI is InChI=1S/C8H17F3N2/c1-7(12)3-6-13-5-2-4-8(9,10)11/h7,13H,2-6,12H2,1H3. The molecule has 0 aromatic rings. The van der Waals surface area contributed by atoms with Crippen molar-refractivity contribution in [1.29, 1.82) is 0 Å². The Morgan fingerprint density at radius 2 is 1.92 bits per heavy atom. The van der Waals surface area contributed by atoms with E-state index in [1.54, 1.807) is 0 Å². The molecule has 0 heterocycles. The molecule has 0 aliphatic rings. The largest absolute Gasteiger partial charge is 0.389 e. The van der Waals surface area contributed by atoms with Crippen LogP contribution in [0.3, 0.4) is 0 Å². The number of hydrogen-bond acceptors (Lipinski definition) is 2. The van der Waals surface area contributed by atoms with Gasteiger partial charge in [-0.2, -0.15) is 13.2 Å². The highest BCUT2D eigenvalue weighted by molar-refractivity contribution is 4.57. The third-order valence-electron chi connectivity index (χ3n) is 1.59. The average Bonchev–Trinajstić information content (AvgIpc) is 1.93. The fourth-order valence-electron chi connectivity index (χ4n) is 0.869. The summed E-state index contributed by atoms with van der Waals surface area (Å²) in [5, 5.41) is 2.91. The number of nitrogens with one attached hydrogen (secondary N) is 1. The van der Waals surface area contributed by atoms with Crippen LogP contribution in [-0.2, 0) is 0 Å². The molecule has 0 aromatic carbocycles. The summed E-state index contributed by atoms with van der Waals surface area (Å²) < 4.78 is 34.9. The van der Waals surface area contributed by atoms with Crippen molar-refractivity contribution in [2.75, 3.05) is 13.1 Å². The van der Waals surface area contributed by atoms with E-state index in [0.717, 1.165) is 6.42 Å². The maximum Gasteiger partial charge on any atom is 0.389 e. The lowest BCUT2D eigenvalue weighted by Gasteiger charge is -2.08. The van der Waals surface area contributed by atoms with E-state index in [0.29, 0.717) is 13.1 Å². The molecule has 0 aliphatic carbocycles. The Labute approximate surface area is 76.7 Å². The maximum absolute atomic E-state index is 11.6. The lowest BCUT2D eigenvalue weighted by Crippen LogP contribution is -2.25. The van der Waals surface area contributed by atoms with Gasteiger partial charge in [0.2, 0.25) is 0 Å². The number of hydrogen-bond donors (Lipinski definition) is 2. The Bertz CT molecular complexity index is 123. The summed E-state index contributed by atoms with van der Waals surface area (Å²) in [6.07, 6.45) is -3.80. The van der Waals surface area contributed by atoms with Gasteiger partial charge in [-0.3, -0.25) is 0 Å². The van der Waals surface area contributed by atoms with E-state index in [1.807, 2.05) is 6.92 Å². The van der Waals surface area contributed by atoms with Crippen molar-refractivity contribution in [3.05, 3.63) is 0 Å². The Morgan fingerprint density at radius 1 is 1.31 bits per heavy atom. The van der Waals surface area contributed by atoms with Crippen LogP contribution in [0.2, 0.25) is 0 Å². The van der Waals surface area contributed by atoms with Crippen molar-refractivity contribution in [2.45, 2.75) is 38.4 Å². The molecule has 0 saturated heterocycles. The summed E-state index contributed by atoms with van der Waals surface area (Å²) in [6, 6.07) is 0.107. The molecule has 80 valence electrons. The minimum Gasteiger partial charge on any atom is -0.328 e. The zero-order chi connectivity index (χ0) is 10.3. The van der Waals surface area contributed by atoms with Gasteiger partial charge >= 0.3 is 6.18 Å². The topological polar surface area (TPSA) is 38.0 Å². The Hall–Kier alpha value is -0.290. The fourth-order valence-corrected chi connectivity index (χ4v) is 0.869. The second-order valence-electron chi connectivity index (χ2n) is 3.23. The monoisotopic (exact) mass is 198 g/mol. The van der Waals surface area contributed by atoms with Gasteiger partial charge in [0.25, 0.3) is 0 Å². The molecule has 5 heteroatoms. The van der Waals surface area contributed by atoms with Crippen LogP contribution in [0.5, 0.6) is 0 Å².